The average molecular weight is 307 g/mol. The van der Waals surface area contributed by atoms with Gasteiger partial charge < -0.3 is 19.1 Å². The first-order chi connectivity index (χ1) is 10.4. The van der Waals surface area contributed by atoms with E-state index < -0.39 is 0 Å². The smallest absolute Gasteiger partial charge is 0.409 e. The lowest BCUT2D eigenvalue weighted by molar-refractivity contribution is 0.0599. The fraction of sp³-hybridized carbons (Fsp3) is 0.625. The lowest BCUT2D eigenvalue weighted by Gasteiger charge is -2.33. The van der Waals surface area contributed by atoms with Gasteiger partial charge in [-0.25, -0.2) is 4.79 Å². The van der Waals surface area contributed by atoms with Crippen LogP contribution in [0.15, 0.2) is 6.07 Å². The van der Waals surface area contributed by atoms with Crippen molar-refractivity contribution < 1.29 is 14.3 Å². The molecule has 2 heterocycles. The Hall–Kier alpha value is -1.98. The predicted octanol–water partition coefficient (Wildman–Crippen LogP) is 2.21. The first-order valence-electron chi connectivity index (χ1n) is 7.67. The van der Waals surface area contributed by atoms with Crippen LogP contribution in [0.5, 0.6) is 0 Å². The van der Waals surface area contributed by atoms with Gasteiger partial charge in [-0.2, -0.15) is 0 Å². The molecule has 0 saturated carbocycles. The van der Waals surface area contributed by atoms with Crippen molar-refractivity contribution in [3.05, 3.63) is 23.0 Å². The zero-order valence-electron chi connectivity index (χ0n) is 14.0. The molecule has 6 heteroatoms. The molecule has 0 bridgehead atoms. The van der Waals surface area contributed by atoms with Gasteiger partial charge in [-0.05, 0) is 33.8 Å². The fourth-order valence-corrected chi connectivity index (χ4v) is 3.18. The summed E-state index contributed by atoms with van der Waals surface area (Å²) in [6, 6.07) is 2.29. The minimum absolute atomic E-state index is 0.0458. The lowest BCUT2D eigenvalue weighted by atomic mass is 10.2. The van der Waals surface area contributed by atoms with Gasteiger partial charge in [0.2, 0.25) is 0 Å². The van der Waals surface area contributed by atoms with Crippen molar-refractivity contribution in [3.63, 3.8) is 0 Å². The molecule has 22 heavy (non-hydrogen) atoms. The minimum atomic E-state index is -0.329. The summed E-state index contributed by atoms with van der Waals surface area (Å²) in [4.78, 5) is 27.7. The fourth-order valence-electron chi connectivity index (χ4n) is 3.18. The SMILES string of the molecule is COC(=O)N1CCN(C(=O)c2cc(C)n(C(C)C)c2C)CC1. The van der Waals surface area contributed by atoms with E-state index in [1.54, 1.807) is 4.90 Å². The Kier molecular flexibility index (Phi) is 4.78. The van der Waals surface area contributed by atoms with Crippen molar-refractivity contribution in [2.45, 2.75) is 33.7 Å². The molecule has 1 aliphatic rings. The third kappa shape index (κ3) is 2.96. The molecule has 0 aliphatic carbocycles. The highest BCUT2D eigenvalue weighted by atomic mass is 16.5. The van der Waals surface area contributed by atoms with Gasteiger partial charge in [0.15, 0.2) is 0 Å². The van der Waals surface area contributed by atoms with Crippen LogP contribution in [-0.4, -0.2) is 59.7 Å². The summed E-state index contributed by atoms with van der Waals surface area (Å²) < 4.78 is 6.89. The first-order valence-corrected chi connectivity index (χ1v) is 7.67. The van der Waals surface area contributed by atoms with Crippen LogP contribution >= 0.6 is 0 Å². The molecule has 1 aromatic rings. The molecule has 6 nitrogen and oxygen atoms in total. The highest BCUT2D eigenvalue weighted by molar-refractivity contribution is 5.96. The lowest BCUT2D eigenvalue weighted by Crippen LogP contribution is -2.50. The molecule has 0 atom stereocenters. The third-order valence-electron chi connectivity index (χ3n) is 4.23. The number of piperazine rings is 1. The van der Waals surface area contributed by atoms with Crippen molar-refractivity contribution in [1.82, 2.24) is 14.4 Å². The maximum absolute atomic E-state index is 12.7. The number of ether oxygens (including phenoxy) is 1. The number of hydrogen-bond donors (Lipinski definition) is 0. The molecule has 0 unspecified atom stereocenters. The number of nitrogens with zero attached hydrogens (tertiary/aromatic N) is 3. The van der Waals surface area contributed by atoms with Crippen molar-refractivity contribution in [2.75, 3.05) is 33.3 Å². The predicted molar refractivity (Wildman–Crippen MR) is 84.2 cm³/mol. The maximum atomic E-state index is 12.7. The summed E-state index contributed by atoms with van der Waals surface area (Å²) in [6.45, 7) is 10.4. The van der Waals surface area contributed by atoms with Gasteiger partial charge in [-0.15, -0.1) is 0 Å². The van der Waals surface area contributed by atoms with Gasteiger partial charge in [0.1, 0.15) is 0 Å². The van der Waals surface area contributed by atoms with Gasteiger partial charge in [0.05, 0.1) is 12.7 Å². The number of aryl methyl sites for hydroxylation is 1. The summed E-state index contributed by atoms with van der Waals surface area (Å²) in [5.74, 6) is 0.0458. The number of hydrogen-bond acceptors (Lipinski definition) is 3. The molecule has 0 spiro atoms. The van der Waals surface area contributed by atoms with E-state index in [9.17, 15) is 9.59 Å². The van der Waals surface area contributed by atoms with Crippen molar-refractivity contribution >= 4 is 12.0 Å². The first kappa shape index (κ1) is 16.4. The van der Waals surface area contributed by atoms with Gasteiger partial charge in [0, 0.05) is 43.6 Å². The van der Waals surface area contributed by atoms with E-state index in [0.717, 1.165) is 17.0 Å². The Morgan fingerprint density at radius 1 is 1.09 bits per heavy atom. The average Bonchev–Trinajstić information content (AvgIpc) is 2.80. The second kappa shape index (κ2) is 6.42. The molecule has 2 rings (SSSR count). The van der Waals surface area contributed by atoms with E-state index >= 15 is 0 Å². The highest BCUT2D eigenvalue weighted by Crippen LogP contribution is 2.22. The largest absolute Gasteiger partial charge is 0.453 e. The molecule has 1 aliphatic heterocycles. The monoisotopic (exact) mass is 307 g/mol. The Balaban J connectivity index is 2.11. The Morgan fingerprint density at radius 2 is 1.64 bits per heavy atom. The summed E-state index contributed by atoms with van der Waals surface area (Å²) >= 11 is 0. The quantitative estimate of drug-likeness (QED) is 0.842. The normalized spacial score (nSPS) is 15.4. The van der Waals surface area contributed by atoms with Crippen LogP contribution in [0, 0.1) is 13.8 Å². The molecule has 2 amide bonds. The molecule has 1 fully saturated rings. The van der Waals surface area contributed by atoms with E-state index in [1.807, 2.05) is 24.8 Å². The summed E-state index contributed by atoms with van der Waals surface area (Å²) in [5, 5.41) is 0. The van der Waals surface area contributed by atoms with Crippen molar-refractivity contribution in [1.29, 1.82) is 0 Å². The second-order valence-electron chi connectivity index (χ2n) is 6.00. The van der Waals surface area contributed by atoms with Crippen LogP contribution in [0.25, 0.3) is 0 Å². The summed E-state index contributed by atoms with van der Waals surface area (Å²) in [5.41, 5.74) is 2.87. The molecular weight excluding hydrogens is 282 g/mol. The highest BCUT2D eigenvalue weighted by Gasteiger charge is 2.27. The van der Waals surface area contributed by atoms with E-state index in [4.69, 9.17) is 4.74 Å². The molecule has 0 aromatic carbocycles. The molecule has 0 radical (unpaired) electrons. The van der Waals surface area contributed by atoms with Crippen LogP contribution < -0.4 is 0 Å². The van der Waals surface area contributed by atoms with Crippen LogP contribution in [0.2, 0.25) is 0 Å². The Labute approximate surface area is 131 Å². The zero-order valence-corrected chi connectivity index (χ0v) is 14.0. The third-order valence-corrected chi connectivity index (χ3v) is 4.23. The van der Waals surface area contributed by atoms with Crippen LogP contribution in [0.4, 0.5) is 4.79 Å². The summed E-state index contributed by atoms with van der Waals surface area (Å²) in [6.07, 6.45) is -0.329. The number of aromatic nitrogens is 1. The Bertz CT molecular complexity index is 569. The van der Waals surface area contributed by atoms with E-state index in [1.165, 1.54) is 7.11 Å². The van der Waals surface area contributed by atoms with Gasteiger partial charge in [-0.3, -0.25) is 4.79 Å². The van der Waals surface area contributed by atoms with Crippen LogP contribution in [-0.2, 0) is 4.74 Å². The van der Waals surface area contributed by atoms with E-state index in [2.05, 4.69) is 18.4 Å². The van der Waals surface area contributed by atoms with Crippen LogP contribution in [0.1, 0.15) is 41.6 Å². The molecule has 122 valence electrons. The zero-order chi connectivity index (χ0) is 16.4. The topological polar surface area (TPSA) is 54.8 Å². The minimum Gasteiger partial charge on any atom is -0.453 e. The number of carbonyl (C=O) groups excluding carboxylic acids is 2. The summed E-state index contributed by atoms with van der Waals surface area (Å²) in [7, 11) is 1.38. The maximum Gasteiger partial charge on any atom is 0.409 e. The standard InChI is InChI=1S/C16H25N3O3/c1-11(2)19-12(3)10-14(13(19)4)15(20)17-6-8-18(9-7-17)16(21)22-5/h10-11H,6-9H2,1-5H3. The molecule has 0 N–H and O–H groups in total. The second-order valence-corrected chi connectivity index (χ2v) is 6.00. The van der Waals surface area contributed by atoms with Crippen molar-refractivity contribution in [2.24, 2.45) is 0 Å². The number of carbonyl (C=O) groups is 2. The molecular formula is C16H25N3O3. The number of amides is 2. The van der Waals surface area contributed by atoms with Gasteiger partial charge in [0.25, 0.3) is 5.91 Å². The van der Waals surface area contributed by atoms with E-state index in [-0.39, 0.29) is 12.0 Å². The Morgan fingerprint density at radius 3 is 2.09 bits per heavy atom. The van der Waals surface area contributed by atoms with Crippen LogP contribution in [0.3, 0.4) is 0 Å². The van der Waals surface area contributed by atoms with Gasteiger partial charge in [-0.1, -0.05) is 0 Å². The van der Waals surface area contributed by atoms with Crippen molar-refractivity contribution in [3.8, 4) is 0 Å². The molecule has 1 saturated heterocycles. The number of rotatable bonds is 2. The number of methoxy groups -OCH3 is 1. The van der Waals surface area contributed by atoms with E-state index in [0.29, 0.717) is 32.2 Å². The molecule has 1 aromatic heterocycles. The van der Waals surface area contributed by atoms with Gasteiger partial charge >= 0.3 is 6.09 Å².